The van der Waals surface area contributed by atoms with Crippen molar-refractivity contribution < 1.29 is 24.0 Å². The van der Waals surface area contributed by atoms with E-state index >= 15 is 0 Å². The Bertz CT molecular complexity index is 1200. The lowest BCUT2D eigenvalue weighted by Crippen LogP contribution is -2.49. The van der Waals surface area contributed by atoms with Gasteiger partial charge in [0.15, 0.2) is 5.78 Å². The van der Waals surface area contributed by atoms with Crippen molar-refractivity contribution in [3.63, 3.8) is 0 Å². The minimum Gasteiger partial charge on any atom is -0.352 e. The van der Waals surface area contributed by atoms with Crippen LogP contribution in [0.1, 0.15) is 49.7 Å². The van der Waals surface area contributed by atoms with Crippen molar-refractivity contribution in [3.8, 4) is 6.07 Å². The second-order valence-electron chi connectivity index (χ2n) is 9.42. The first-order valence-electron chi connectivity index (χ1n) is 13.0. The zero-order chi connectivity index (χ0) is 28.0. The number of hydrogen-bond donors (Lipinski definition) is 3. The van der Waals surface area contributed by atoms with Crippen LogP contribution in [0.25, 0.3) is 6.08 Å². The zero-order valence-corrected chi connectivity index (χ0v) is 21.6. The summed E-state index contributed by atoms with van der Waals surface area (Å²) in [6, 6.07) is 19.9. The Morgan fingerprint density at radius 1 is 1.00 bits per heavy atom. The highest BCUT2D eigenvalue weighted by Crippen LogP contribution is 2.30. The quantitative estimate of drug-likeness (QED) is 0.259. The van der Waals surface area contributed by atoms with Crippen molar-refractivity contribution in [1.29, 1.82) is 5.26 Å². The number of amides is 4. The van der Waals surface area contributed by atoms with Crippen LogP contribution in [-0.4, -0.2) is 42.0 Å². The molecule has 2 aromatic rings. The molecule has 202 valence electrons. The van der Waals surface area contributed by atoms with E-state index in [4.69, 9.17) is 5.26 Å². The number of benzene rings is 2. The molecular weight excluding hydrogens is 496 g/mol. The van der Waals surface area contributed by atoms with E-state index in [-0.39, 0.29) is 31.2 Å². The summed E-state index contributed by atoms with van der Waals surface area (Å²) in [7, 11) is 0. The van der Waals surface area contributed by atoms with E-state index < -0.39 is 35.5 Å². The molecule has 2 atom stereocenters. The second-order valence-corrected chi connectivity index (χ2v) is 9.42. The molecule has 1 aliphatic heterocycles. The normalized spacial score (nSPS) is 17.5. The molecule has 0 bridgehead atoms. The Hall–Kier alpha value is -4.58. The van der Waals surface area contributed by atoms with E-state index in [2.05, 4.69) is 16.0 Å². The van der Waals surface area contributed by atoms with Crippen LogP contribution < -0.4 is 16.0 Å². The molecule has 1 saturated heterocycles. The van der Waals surface area contributed by atoms with E-state index in [0.717, 1.165) is 31.2 Å². The number of Topliss-reactive ketones (excluding diaryl/α,β-unsaturated/α-hetero) is 1. The Kier molecular flexibility index (Phi) is 11.1. The van der Waals surface area contributed by atoms with Crippen LogP contribution in [-0.2, 0) is 24.0 Å². The molecule has 3 N–H and O–H groups in total. The Balaban J connectivity index is 0.000000617. The van der Waals surface area contributed by atoms with Gasteiger partial charge in [0.25, 0.3) is 0 Å². The first-order chi connectivity index (χ1) is 18.9. The highest BCUT2D eigenvalue weighted by molar-refractivity contribution is 6.15. The molecule has 2 aromatic carbocycles. The molecule has 1 heterocycles. The second kappa shape index (κ2) is 15.0. The van der Waals surface area contributed by atoms with E-state index in [1.807, 2.05) is 42.5 Å². The van der Waals surface area contributed by atoms with E-state index in [1.165, 1.54) is 6.08 Å². The third kappa shape index (κ3) is 9.34. The van der Waals surface area contributed by atoms with Crippen LogP contribution in [0.5, 0.6) is 0 Å². The molecule has 2 unspecified atom stereocenters. The first kappa shape index (κ1) is 29.0. The van der Waals surface area contributed by atoms with Gasteiger partial charge in [0.2, 0.25) is 23.6 Å². The van der Waals surface area contributed by atoms with Crippen LogP contribution in [0.15, 0.2) is 66.7 Å². The summed E-state index contributed by atoms with van der Waals surface area (Å²) < 4.78 is 0. The Morgan fingerprint density at radius 3 is 2.15 bits per heavy atom. The number of hydrogen-bond acceptors (Lipinski definition) is 6. The summed E-state index contributed by atoms with van der Waals surface area (Å²) >= 11 is 0. The zero-order valence-electron chi connectivity index (χ0n) is 21.6. The molecule has 0 aromatic heterocycles. The van der Waals surface area contributed by atoms with Crippen LogP contribution in [0.4, 0.5) is 0 Å². The maximum atomic E-state index is 12.9. The average molecular weight is 529 g/mol. The van der Waals surface area contributed by atoms with Crippen LogP contribution in [0.2, 0.25) is 0 Å². The van der Waals surface area contributed by atoms with Crippen molar-refractivity contribution in [1.82, 2.24) is 16.0 Å². The molecular formula is C30H32N4O5. The van der Waals surface area contributed by atoms with Gasteiger partial charge in [-0.2, -0.15) is 5.26 Å². The summed E-state index contributed by atoms with van der Waals surface area (Å²) in [6.45, 7) is 0.0797. The van der Waals surface area contributed by atoms with Crippen molar-refractivity contribution in [3.05, 3.63) is 77.9 Å². The summed E-state index contributed by atoms with van der Waals surface area (Å²) in [5.74, 6) is -3.41. The summed E-state index contributed by atoms with van der Waals surface area (Å²) in [4.78, 5) is 60.8. The molecule has 9 nitrogen and oxygen atoms in total. The predicted octanol–water partition coefficient (Wildman–Crippen LogP) is 2.67. The van der Waals surface area contributed by atoms with Gasteiger partial charge >= 0.3 is 0 Å². The molecule has 1 saturated carbocycles. The minimum absolute atomic E-state index is 0.0251. The molecule has 0 radical (unpaired) electrons. The highest BCUT2D eigenvalue weighted by atomic mass is 16.2. The first-order valence-corrected chi connectivity index (χ1v) is 13.0. The van der Waals surface area contributed by atoms with Crippen LogP contribution >= 0.6 is 0 Å². The van der Waals surface area contributed by atoms with Crippen LogP contribution in [0, 0.1) is 23.2 Å². The summed E-state index contributed by atoms with van der Waals surface area (Å²) in [5, 5.41) is 16.3. The molecule has 2 aliphatic rings. The van der Waals surface area contributed by atoms with Gasteiger partial charge in [-0.1, -0.05) is 61.4 Å². The van der Waals surface area contributed by atoms with Gasteiger partial charge in [0.1, 0.15) is 5.92 Å². The SMILES string of the molecule is N#Cc1ccc(/C=C/C(=O)NCCC(=O)NC(C(=O)C2CC(=O)NC2=O)C2CCCC2)cc1.c1ccccc1. The lowest BCUT2D eigenvalue weighted by atomic mass is 9.87. The summed E-state index contributed by atoms with van der Waals surface area (Å²) in [5.41, 5.74) is 1.28. The van der Waals surface area contributed by atoms with Gasteiger partial charge in [0.05, 0.1) is 17.7 Å². The van der Waals surface area contributed by atoms with Gasteiger partial charge in [-0.25, -0.2) is 0 Å². The van der Waals surface area contributed by atoms with Crippen LogP contribution in [0.3, 0.4) is 0 Å². The maximum absolute atomic E-state index is 12.9. The smallest absolute Gasteiger partial charge is 0.244 e. The minimum atomic E-state index is -1.06. The number of nitriles is 1. The lowest BCUT2D eigenvalue weighted by Gasteiger charge is -2.25. The van der Waals surface area contributed by atoms with Crippen molar-refractivity contribution in [2.75, 3.05) is 6.54 Å². The number of nitrogens with one attached hydrogen (secondary N) is 3. The summed E-state index contributed by atoms with van der Waals surface area (Å²) in [6.07, 6.45) is 6.16. The number of imide groups is 1. The largest absolute Gasteiger partial charge is 0.352 e. The molecule has 39 heavy (non-hydrogen) atoms. The fraction of sp³-hybridized carbons (Fsp3) is 0.333. The Morgan fingerprint density at radius 2 is 1.62 bits per heavy atom. The average Bonchev–Trinajstić information content (AvgIpc) is 3.61. The van der Waals surface area contributed by atoms with E-state index in [9.17, 15) is 24.0 Å². The highest BCUT2D eigenvalue weighted by Gasteiger charge is 2.42. The molecule has 4 rings (SSSR count). The van der Waals surface area contributed by atoms with E-state index in [0.29, 0.717) is 5.56 Å². The van der Waals surface area contributed by atoms with Gasteiger partial charge in [-0.05, 0) is 42.5 Å². The van der Waals surface area contributed by atoms with Crippen molar-refractivity contribution >= 4 is 35.5 Å². The van der Waals surface area contributed by atoms with Gasteiger partial charge in [-0.3, -0.25) is 29.3 Å². The number of nitrogens with zero attached hydrogens (tertiary/aromatic N) is 1. The molecule has 9 heteroatoms. The Labute approximate surface area is 227 Å². The molecule has 0 spiro atoms. The van der Waals surface area contributed by atoms with Crippen molar-refractivity contribution in [2.45, 2.75) is 44.6 Å². The monoisotopic (exact) mass is 528 g/mol. The fourth-order valence-electron chi connectivity index (χ4n) is 4.54. The number of carbonyl (C=O) groups is 5. The standard InChI is InChI=1S/C24H26N4O5.C6H6/c25-14-16-7-5-15(6-8-16)9-10-19(29)26-12-11-20(30)27-22(17-3-1-2-4-17)23(32)18-13-21(31)28-24(18)33;1-2-4-6-5-3-1/h5-10,17-18,22H,1-4,11-13H2,(H,26,29)(H,27,30)(H,28,31,33);1-6H/b10-9+;. The van der Waals surface area contributed by atoms with Gasteiger partial charge in [0, 0.05) is 25.5 Å². The number of carbonyl (C=O) groups excluding carboxylic acids is 5. The fourth-order valence-corrected chi connectivity index (χ4v) is 4.54. The number of rotatable bonds is 9. The van der Waals surface area contributed by atoms with Gasteiger partial charge in [-0.15, -0.1) is 0 Å². The number of ketones is 1. The topological polar surface area (TPSA) is 145 Å². The van der Waals surface area contributed by atoms with E-state index in [1.54, 1.807) is 30.3 Å². The predicted molar refractivity (Wildman–Crippen MR) is 144 cm³/mol. The van der Waals surface area contributed by atoms with Crippen molar-refractivity contribution in [2.24, 2.45) is 11.8 Å². The van der Waals surface area contributed by atoms with Gasteiger partial charge < -0.3 is 10.6 Å². The molecule has 2 fully saturated rings. The molecule has 4 amide bonds. The third-order valence-electron chi connectivity index (χ3n) is 6.59. The lowest BCUT2D eigenvalue weighted by molar-refractivity contribution is -0.136. The maximum Gasteiger partial charge on any atom is 0.244 e. The molecule has 1 aliphatic carbocycles. The third-order valence-corrected chi connectivity index (χ3v) is 6.59.